The Labute approximate surface area is 85.7 Å². The Morgan fingerprint density at radius 2 is 1.79 bits per heavy atom. The van der Waals surface area contributed by atoms with Gasteiger partial charge in [0.25, 0.3) is 0 Å². The summed E-state index contributed by atoms with van der Waals surface area (Å²) in [5.41, 5.74) is 7.02. The molecule has 1 aliphatic rings. The van der Waals surface area contributed by atoms with Crippen LogP contribution in [0.5, 0.6) is 0 Å². The zero-order valence-electron chi connectivity index (χ0n) is 8.52. The molecule has 1 heterocycles. The van der Waals surface area contributed by atoms with Gasteiger partial charge in [-0.2, -0.15) is 0 Å². The van der Waals surface area contributed by atoms with E-state index in [-0.39, 0.29) is 0 Å². The van der Waals surface area contributed by atoms with Gasteiger partial charge in [0.1, 0.15) is 0 Å². The molecule has 2 heteroatoms. The van der Waals surface area contributed by atoms with Gasteiger partial charge in [-0.3, -0.25) is 0 Å². The summed E-state index contributed by atoms with van der Waals surface area (Å²) in [5, 5.41) is 0. The highest BCUT2D eigenvalue weighted by Crippen LogP contribution is 2.21. The molecule has 76 valence electrons. The second-order valence-electron chi connectivity index (χ2n) is 4.00. The van der Waals surface area contributed by atoms with Crippen LogP contribution in [0.3, 0.4) is 0 Å². The summed E-state index contributed by atoms with van der Waals surface area (Å²) in [6.07, 6.45) is 2.48. The van der Waals surface area contributed by atoms with Gasteiger partial charge in [0.05, 0.1) is 0 Å². The van der Waals surface area contributed by atoms with Crippen LogP contribution in [0.15, 0.2) is 30.3 Å². The molecule has 1 aromatic rings. The van der Waals surface area contributed by atoms with Crippen molar-refractivity contribution >= 4 is 5.69 Å². The normalized spacial score (nSPS) is 18.5. The number of rotatable bonds is 2. The number of anilines is 1. The van der Waals surface area contributed by atoms with Gasteiger partial charge >= 0.3 is 0 Å². The fraction of sp³-hybridized carbons (Fsp3) is 0.500. The van der Waals surface area contributed by atoms with Crippen molar-refractivity contribution in [2.24, 2.45) is 11.7 Å². The van der Waals surface area contributed by atoms with Gasteiger partial charge in [-0.05, 0) is 37.4 Å². The Morgan fingerprint density at radius 1 is 1.14 bits per heavy atom. The lowest BCUT2D eigenvalue weighted by atomic mass is 9.97. The molecule has 0 bridgehead atoms. The second-order valence-corrected chi connectivity index (χ2v) is 4.00. The second kappa shape index (κ2) is 4.47. The van der Waals surface area contributed by atoms with E-state index in [1.54, 1.807) is 0 Å². The van der Waals surface area contributed by atoms with E-state index in [9.17, 15) is 0 Å². The molecule has 2 rings (SSSR count). The van der Waals surface area contributed by atoms with E-state index in [4.69, 9.17) is 5.73 Å². The minimum absolute atomic E-state index is 0.745. The van der Waals surface area contributed by atoms with Crippen molar-refractivity contribution in [2.45, 2.75) is 12.8 Å². The van der Waals surface area contributed by atoms with Crippen molar-refractivity contribution in [1.29, 1.82) is 0 Å². The number of benzene rings is 1. The Hall–Kier alpha value is -1.02. The van der Waals surface area contributed by atoms with E-state index in [2.05, 4.69) is 35.2 Å². The molecule has 14 heavy (non-hydrogen) atoms. The first-order chi connectivity index (χ1) is 6.90. The van der Waals surface area contributed by atoms with Crippen LogP contribution in [0, 0.1) is 5.92 Å². The minimum atomic E-state index is 0.745. The molecule has 2 nitrogen and oxygen atoms in total. The fourth-order valence-corrected chi connectivity index (χ4v) is 2.07. The van der Waals surface area contributed by atoms with E-state index in [1.807, 2.05) is 0 Å². The van der Waals surface area contributed by atoms with Crippen LogP contribution in [-0.4, -0.2) is 19.6 Å². The van der Waals surface area contributed by atoms with Gasteiger partial charge in [0, 0.05) is 18.8 Å². The molecule has 1 aromatic carbocycles. The first-order valence-electron chi connectivity index (χ1n) is 5.40. The number of nitrogens with two attached hydrogens (primary N) is 1. The number of para-hydroxylation sites is 1. The van der Waals surface area contributed by atoms with Crippen LogP contribution in [0.2, 0.25) is 0 Å². The minimum Gasteiger partial charge on any atom is -0.372 e. The Bertz CT molecular complexity index is 263. The van der Waals surface area contributed by atoms with Crippen LogP contribution in [0.1, 0.15) is 12.8 Å². The molecule has 0 spiro atoms. The largest absolute Gasteiger partial charge is 0.372 e. The highest BCUT2D eigenvalue weighted by Gasteiger charge is 2.17. The number of piperidine rings is 1. The van der Waals surface area contributed by atoms with Crippen LogP contribution in [0.4, 0.5) is 5.69 Å². The highest BCUT2D eigenvalue weighted by atomic mass is 15.1. The molecule has 0 atom stereocenters. The number of hydrogen-bond acceptors (Lipinski definition) is 2. The lowest BCUT2D eigenvalue weighted by Gasteiger charge is -2.33. The van der Waals surface area contributed by atoms with Gasteiger partial charge in [0.2, 0.25) is 0 Å². The lowest BCUT2D eigenvalue weighted by Crippen LogP contribution is -2.35. The summed E-state index contributed by atoms with van der Waals surface area (Å²) >= 11 is 0. The van der Waals surface area contributed by atoms with Gasteiger partial charge < -0.3 is 10.6 Å². The van der Waals surface area contributed by atoms with E-state index in [0.29, 0.717) is 0 Å². The third-order valence-electron chi connectivity index (χ3n) is 3.07. The van der Waals surface area contributed by atoms with E-state index >= 15 is 0 Å². The molecule has 0 saturated carbocycles. The third-order valence-corrected chi connectivity index (χ3v) is 3.07. The molecule has 2 N–H and O–H groups in total. The number of hydrogen-bond donors (Lipinski definition) is 1. The standard InChI is InChI=1S/C12H18N2/c13-10-11-6-8-14(9-7-11)12-4-2-1-3-5-12/h1-5,11H,6-10,13H2. The van der Waals surface area contributed by atoms with Crippen LogP contribution < -0.4 is 10.6 Å². The average molecular weight is 190 g/mol. The van der Waals surface area contributed by atoms with Crippen molar-refractivity contribution in [3.8, 4) is 0 Å². The summed E-state index contributed by atoms with van der Waals surface area (Å²) in [7, 11) is 0. The van der Waals surface area contributed by atoms with Crippen molar-refractivity contribution in [3.63, 3.8) is 0 Å². The Balaban J connectivity index is 1.96. The lowest BCUT2D eigenvalue weighted by molar-refractivity contribution is 0.414. The van der Waals surface area contributed by atoms with Gasteiger partial charge in [0.15, 0.2) is 0 Å². The molecular weight excluding hydrogens is 172 g/mol. The predicted molar refractivity (Wildman–Crippen MR) is 60.4 cm³/mol. The molecule has 1 saturated heterocycles. The first-order valence-corrected chi connectivity index (χ1v) is 5.40. The average Bonchev–Trinajstić information content (AvgIpc) is 2.30. The molecule has 0 amide bonds. The van der Waals surface area contributed by atoms with E-state index < -0.39 is 0 Å². The topological polar surface area (TPSA) is 29.3 Å². The van der Waals surface area contributed by atoms with Crippen LogP contribution in [0.25, 0.3) is 0 Å². The van der Waals surface area contributed by atoms with Crippen molar-refractivity contribution in [3.05, 3.63) is 30.3 Å². The summed E-state index contributed by atoms with van der Waals surface area (Å²) in [6.45, 7) is 3.17. The smallest absolute Gasteiger partial charge is 0.0366 e. The van der Waals surface area contributed by atoms with Crippen molar-refractivity contribution < 1.29 is 0 Å². The summed E-state index contributed by atoms with van der Waals surface area (Å²) in [6, 6.07) is 10.6. The fourth-order valence-electron chi connectivity index (χ4n) is 2.07. The van der Waals surface area contributed by atoms with Gasteiger partial charge in [-0.25, -0.2) is 0 Å². The summed E-state index contributed by atoms with van der Waals surface area (Å²) in [5.74, 6) is 0.745. The maximum Gasteiger partial charge on any atom is 0.0366 e. The van der Waals surface area contributed by atoms with Crippen molar-refractivity contribution in [1.82, 2.24) is 0 Å². The molecule has 0 aromatic heterocycles. The Kier molecular flexibility index (Phi) is 3.04. The van der Waals surface area contributed by atoms with E-state index in [1.165, 1.54) is 18.5 Å². The molecule has 0 aliphatic carbocycles. The molecule has 0 unspecified atom stereocenters. The predicted octanol–water partition coefficient (Wildman–Crippen LogP) is 1.86. The zero-order chi connectivity index (χ0) is 9.80. The summed E-state index contributed by atoms with van der Waals surface area (Å²) < 4.78 is 0. The third kappa shape index (κ3) is 2.07. The SMILES string of the molecule is NCC1CCN(c2ccccc2)CC1. The van der Waals surface area contributed by atoms with Gasteiger partial charge in [-0.1, -0.05) is 18.2 Å². The summed E-state index contributed by atoms with van der Waals surface area (Å²) in [4.78, 5) is 2.45. The Morgan fingerprint density at radius 3 is 2.36 bits per heavy atom. The first kappa shape index (κ1) is 9.53. The number of nitrogens with zero attached hydrogens (tertiary/aromatic N) is 1. The van der Waals surface area contributed by atoms with Crippen molar-refractivity contribution in [2.75, 3.05) is 24.5 Å². The van der Waals surface area contributed by atoms with E-state index in [0.717, 1.165) is 25.6 Å². The molecular formula is C12H18N2. The monoisotopic (exact) mass is 190 g/mol. The quantitative estimate of drug-likeness (QED) is 0.771. The maximum absolute atomic E-state index is 5.67. The molecule has 1 fully saturated rings. The van der Waals surface area contributed by atoms with Crippen LogP contribution >= 0.6 is 0 Å². The molecule has 0 radical (unpaired) electrons. The molecule has 1 aliphatic heterocycles. The zero-order valence-corrected chi connectivity index (χ0v) is 8.52. The highest BCUT2D eigenvalue weighted by molar-refractivity contribution is 5.46. The van der Waals surface area contributed by atoms with Gasteiger partial charge in [-0.15, -0.1) is 0 Å². The van der Waals surface area contributed by atoms with Crippen LogP contribution in [-0.2, 0) is 0 Å². The maximum atomic E-state index is 5.67.